The molecule has 0 unspecified atom stereocenters. The van der Waals surface area contributed by atoms with Gasteiger partial charge >= 0.3 is 5.97 Å². The van der Waals surface area contributed by atoms with Crippen LogP contribution in [-0.2, 0) is 4.74 Å². The van der Waals surface area contributed by atoms with Gasteiger partial charge in [0.1, 0.15) is 0 Å². The minimum atomic E-state index is -0.678. The van der Waals surface area contributed by atoms with Crippen molar-refractivity contribution < 1.29 is 19.2 Å². The summed E-state index contributed by atoms with van der Waals surface area (Å²) in [5.74, 6) is -1.21. The Morgan fingerprint density at radius 3 is 2.56 bits per heavy atom. The highest BCUT2D eigenvalue weighted by Gasteiger charge is 2.19. The Hall–Kier alpha value is -3.98. The Morgan fingerprint density at radius 2 is 1.84 bits per heavy atom. The number of nitrogens with zero attached hydrogens (tertiary/aromatic N) is 3. The molecule has 2 aromatic heterocycles. The van der Waals surface area contributed by atoms with Crippen LogP contribution < -0.4 is 0 Å². The first-order valence-corrected chi connectivity index (χ1v) is 10.4. The molecular formula is C23H17N3O5S. The fourth-order valence-electron chi connectivity index (χ4n) is 3.31. The number of rotatable bonds is 6. The summed E-state index contributed by atoms with van der Waals surface area (Å²) in [6.07, 6.45) is 0. The van der Waals surface area contributed by atoms with Gasteiger partial charge in [-0.2, -0.15) is 0 Å². The van der Waals surface area contributed by atoms with Gasteiger partial charge < -0.3 is 4.74 Å². The number of ether oxygens (including phenoxy) is 1. The van der Waals surface area contributed by atoms with E-state index >= 15 is 0 Å². The number of pyridine rings is 1. The number of para-hydroxylation sites is 1. The minimum Gasteiger partial charge on any atom is -0.454 e. The second kappa shape index (κ2) is 8.64. The average molecular weight is 447 g/mol. The van der Waals surface area contributed by atoms with Crippen LogP contribution in [0.5, 0.6) is 0 Å². The highest BCUT2D eigenvalue weighted by atomic mass is 32.1. The van der Waals surface area contributed by atoms with Crippen molar-refractivity contribution >= 4 is 39.7 Å². The van der Waals surface area contributed by atoms with Crippen LogP contribution in [-0.4, -0.2) is 33.3 Å². The van der Waals surface area contributed by atoms with Crippen molar-refractivity contribution in [3.8, 4) is 10.6 Å². The molecule has 0 saturated carbocycles. The van der Waals surface area contributed by atoms with Crippen LogP contribution in [0.1, 0.15) is 31.4 Å². The van der Waals surface area contributed by atoms with E-state index in [1.165, 1.54) is 29.5 Å². The molecular weight excluding hydrogens is 430 g/mol. The molecule has 0 aliphatic carbocycles. The fourth-order valence-corrected chi connectivity index (χ4v) is 4.20. The van der Waals surface area contributed by atoms with E-state index in [0.717, 1.165) is 21.6 Å². The lowest BCUT2D eigenvalue weighted by Crippen LogP contribution is -2.15. The number of nitro benzene ring substituents is 1. The van der Waals surface area contributed by atoms with Crippen molar-refractivity contribution in [2.45, 2.75) is 13.8 Å². The van der Waals surface area contributed by atoms with Crippen LogP contribution in [0.2, 0.25) is 0 Å². The summed E-state index contributed by atoms with van der Waals surface area (Å²) in [4.78, 5) is 45.6. The number of aryl methyl sites for hydroxylation is 2. The number of nitro groups is 1. The van der Waals surface area contributed by atoms with Gasteiger partial charge in [-0.15, -0.1) is 11.3 Å². The Balaban J connectivity index is 1.63. The van der Waals surface area contributed by atoms with Gasteiger partial charge in [0.2, 0.25) is 5.78 Å². The molecule has 0 spiro atoms. The minimum absolute atomic E-state index is 0.100. The van der Waals surface area contributed by atoms with E-state index in [2.05, 4.69) is 9.97 Å². The summed E-state index contributed by atoms with van der Waals surface area (Å²) < 4.78 is 5.28. The number of fused-ring (bicyclic) bond motifs is 1. The summed E-state index contributed by atoms with van der Waals surface area (Å²) in [5.41, 5.74) is 2.21. The lowest BCUT2D eigenvalue weighted by atomic mass is 10.1. The molecule has 160 valence electrons. The molecule has 9 heteroatoms. The number of ketones is 1. The highest BCUT2D eigenvalue weighted by Crippen LogP contribution is 2.31. The first-order valence-electron chi connectivity index (χ1n) is 9.62. The first-order chi connectivity index (χ1) is 15.3. The highest BCUT2D eigenvalue weighted by molar-refractivity contribution is 7.15. The largest absolute Gasteiger partial charge is 0.454 e. The fraction of sp³-hybridized carbons (Fsp3) is 0.130. The summed E-state index contributed by atoms with van der Waals surface area (Å²) in [6.45, 7) is 3.24. The van der Waals surface area contributed by atoms with E-state index in [-0.39, 0.29) is 16.8 Å². The number of Topliss-reactive ketones (excluding diaryl/α,β-unsaturated/α-hetero) is 1. The van der Waals surface area contributed by atoms with Gasteiger partial charge in [-0.05, 0) is 26.0 Å². The zero-order valence-electron chi connectivity index (χ0n) is 17.2. The van der Waals surface area contributed by atoms with E-state index in [9.17, 15) is 19.7 Å². The number of hydrogen-bond donors (Lipinski definition) is 0. The van der Waals surface area contributed by atoms with E-state index in [1.807, 2.05) is 19.9 Å². The van der Waals surface area contributed by atoms with Crippen LogP contribution in [0, 0.1) is 24.0 Å². The van der Waals surface area contributed by atoms with Crippen molar-refractivity contribution in [1.29, 1.82) is 0 Å². The molecule has 4 aromatic rings. The van der Waals surface area contributed by atoms with Gasteiger partial charge in [-0.3, -0.25) is 14.9 Å². The van der Waals surface area contributed by atoms with Gasteiger partial charge in [0.25, 0.3) is 5.69 Å². The molecule has 0 saturated heterocycles. The Labute approximate surface area is 186 Å². The number of hydrogen-bond acceptors (Lipinski definition) is 8. The quantitative estimate of drug-likeness (QED) is 0.178. The number of carbonyl (C=O) groups is 2. The van der Waals surface area contributed by atoms with Crippen molar-refractivity contribution in [3.05, 3.63) is 86.5 Å². The SMILES string of the molecule is Cc1nc(C)c(-c2cc(C(=O)OCC(=O)c3cccc([N+](=O)[O-])c3)c3ccccc3n2)s1. The van der Waals surface area contributed by atoms with Gasteiger partial charge in [-0.1, -0.05) is 30.3 Å². The Bertz CT molecular complexity index is 1380. The number of non-ortho nitro benzene ring substituents is 1. The molecule has 0 N–H and O–H groups in total. The van der Waals surface area contributed by atoms with Crippen LogP contribution in [0.4, 0.5) is 5.69 Å². The monoisotopic (exact) mass is 447 g/mol. The molecule has 4 rings (SSSR count). The molecule has 0 atom stereocenters. The number of aromatic nitrogens is 2. The smallest absolute Gasteiger partial charge is 0.339 e. The van der Waals surface area contributed by atoms with Crippen LogP contribution in [0.3, 0.4) is 0 Å². The summed E-state index contributed by atoms with van der Waals surface area (Å²) in [6, 6.07) is 14.1. The molecule has 0 aliphatic rings. The third-order valence-corrected chi connectivity index (χ3v) is 5.88. The Morgan fingerprint density at radius 1 is 1.06 bits per heavy atom. The van der Waals surface area contributed by atoms with E-state index in [4.69, 9.17) is 4.74 Å². The third kappa shape index (κ3) is 4.23. The maximum atomic E-state index is 12.9. The molecule has 2 heterocycles. The number of carbonyl (C=O) groups excluding carboxylic acids is 2. The summed E-state index contributed by atoms with van der Waals surface area (Å²) in [7, 11) is 0. The van der Waals surface area contributed by atoms with E-state index < -0.39 is 23.3 Å². The molecule has 0 bridgehead atoms. The zero-order chi connectivity index (χ0) is 22.8. The van der Waals surface area contributed by atoms with Crippen molar-refractivity contribution in [1.82, 2.24) is 9.97 Å². The second-order valence-corrected chi connectivity index (χ2v) is 8.23. The topological polar surface area (TPSA) is 112 Å². The molecule has 0 radical (unpaired) electrons. The summed E-state index contributed by atoms with van der Waals surface area (Å²) >= 11 is 1.48. The predicted molar refractivity (Wildman–Crippen MR) is 120 cm³/mol. The maximum absolute atomic E-state index is 12.9. The standard InChI is InChI=1S/C23H17N3O5S/c1-13-22(32-14(2)24-13)20-11-18(17-8-3-4-9-19(17)25-20)23(28)31-12-21(27)15-6-5-7-16(10-15)26(29)30/h3-11H,12H2,1-2H3. The third-order valence-electron chi connectivity index (χ3n) is 4.79. The predicted octanol–water partition coefficient (Wildman–Crippen LogP) is 4.92. The molecule has 0 fully saturated rings. The van der Waals surface area contributed by atoms with Crippen molar-refractivity contribution in [2.24, 2.45) is 0 Å². The van der Waals surface area contributed by atoms with Crippen molar-refractivity contribution in [2.75, 3.05) is 6.61 Å². The van der Waals surface area contributed by atoms with Crippen LogP contribution >= 0.6 is 11.3 Å². The zero-order valence-corrected chi connectivity index (χ0v) is 18.0. The first kappa shape index (κ1) is 21.3. The van der Waals surface area contributed by atoms with Gasteiger partial charge in [-0.25, -0.2) is 14.8 Å². The number of thiazole rings is 1. The lowest BCUT2D eigenvalue weighted by molar-refractivity contribution is -0.384. The van der Waals surface area contributed by atoms with Gasteiger partial charge in [0, 0.05) is 23.1 Å². The number of benzene rings is 2. The average Bonchev–Trinajstić information content (AvgIpc) is 3.14. The maximum Gasteiger partial charge on any atom is 0.339 e. The molecule has 32 heavy (non-hydrogen) atoms. The van der Waals surface area contributed by atoms with Crippen LogP contribution in [0.25, 0.3) is 21.5 Å². The van der Waals surface area contributed by atoms with E-state index in [0.29, 0.717) is 16.6 Å². The normalized spacial score (nSPS) is 10.8. The number of esters is 1. The Kier molecular flexibility index (Phi) is 5.74. The molecule has 2 aromatic carbocycles. The lowest BCUT2D eigenvalue weighted by Gasteiger charge is -2.09. The molecule has 0 aliphatic heterocycles. The second-order valence-electron chi connectivity index (χ2n) is 7.03. The van der Waals surface area contributed by atoms with E-state index in [1.54, 1.807) is 24.3 Å². The van der Waals surface area contributed by atoms with Gasteiger partial charge in [0.05, 0.1) is 37.3 Å². The summed E-state index contributed by atoms with van der Waals surface area (Å²) in [5, 5.41) is 12.4. The molecule has 8 nitrogen and oxygen atoms in total. The van der Waals surface area contributed by atoms with Crippen molar-refractivity contribution in [3.63, 3.8) is 0 Å². The molecule has 0 amide bonds. The van der Waals surface area contributed by atoms with Gasteiger partial charge in [0.15, 0.2) is 6.61 Å². The van der Waals surface area contributed by atoms with Crippen LogP contribution in [0.15, 0.2) is 54.6 Å².